The van der Waals surface area contributed by atoms with Crippen molar-refractivity contribution in [2.45, 2.75) is 19.4 Å². The van der Waals surface area contributed by atoms with Crippen LogP contribution in [0.2, 0.25) is 0 Å². The number of allylic oxidation sites excluding steroid dienone is 2. The number of ether oxygens (including phenoxy) is 2. The summed E-state index contributed by atoms with van der Waals surface area (Å²) in [4.78, 5) is 0. The van der Waals surface area contributed by atoms with Crippen LogP contribution in [0, 0.1) is 0 Å². The normalized spacial score (nSPS) is 15.0. The second-order valence-corrected chi connectivity index (χ2v) is 6.35. The molecule has 2 N–H and O–H groups in total. The molecule has 0 saturated carbocycles. The molecule has 2 heterocycles. The summed E-state index contributed by atoms with van der Waals surface area (Å²) in [7, 11) is 1.68. The van der Waals surface area contributed by atoms with Crippen molar-refractivity contribution in [3.8, 4) is 5.75 Å². The van der Waals surface area contributed by atoms with Gasteiger partial charge in [-0.15, -0.1) is 0 Å². The highest BCUT2D eigenvalue weighted by molar-refractivity contribution is 5.82. The summed E-state index contributed by atoms with van der Waals surface area (Å²) >= 11 is 0. The number of nitrogens with zero attached hydrogens (tertiary/aromatic N) is 1. The largest absolute Gasteiger partial charge is 0.497 e. The van der Waals surface area contributed by atoms with Gasteiger partial charge in [0.2, 0.25) is 0 Å². The van der Waals surface area contributed by atoms with Crippen LogP contribution in [0.1, 0.15) is 30.5 Å². The topological polar surface area (TPSA) is 59.2 Å². The van der Waals surface area contributed by atoms with E-state index >= 15 is 0 Å². The van der Waals surface area contributed by atoms with Gasteiger partial charge in [-0.3, -0.25) is 5.10 Å². The van der Waals surface area contributed by atoms with Crippen LogP contribution >= 0.6 is 0 Å². The lowest BCUT2D eigenvalue weighted by atomic mass is 10.0. The van der Waals surface area contributed by atoms with Crippen LogP contribution < -0.4 is 10.1 Å². The van der Waals surface area contributed by atoms with Crippen molar-refractivity contribution in [2.75, 3.05) is 7.11 Å². The summed E-state index contributed by atoms with van der Waals surface area (Å²) in [5.74, 6) is 1.62. The Morgan fingerprint density at radius 1 is 1.23 bits per heavy atom. The summed E-state index contributed by atoms with van der Waals surface area (Å²) in [6, 6.07) is 14.4. The van der Waals surface area contributed by atoms with E-state index in [9.17, 15) is 0 Å². The first kappa shape index (κ1) is 16.3. The lowest BCUT2D eigenvalue weighted by Gasteiger charge is -2.21. The molecule has 0 radical (unpaired) electrons. The number of hydrogen-bond donors (Lipinski definition) is 2. The fraction of sp³-hybridized carbons (Fsp3) is 0.190. The van der Waals surface area contributed by atoms with Gasteiger partial charge in [0.05, 0.1) is 31.1 Å². The van der Waals surface area contributed by atoms with Crippen molar-refractivity contribution in [1.82, 2.24) is 15.5 Å². The second-order valence-electron chi connectivity index (χ2n) is 6.35. The SMILES string of the molecule is COc1cccc([C@H](C)NC2=CCC(c3ccc4cn[nH]c4c3)=CO2)c1. The molecule has 2 aromatic carbocycles. The van der Waals surface area contributed by atoms with Crippen molar-refractivity contribution < 1.29 is 9.47 Å². The monoisotopic (exact) mass is 347 g/mol. The van der Waals surface area contributed by atoms with Gasteiger partial charge in [-0.25, -0.2) is 0 Å². The quantitative estimate of drug-likeness (QED) is 0.712. The van der Waals surface area contributed by atoms with Crippen LogP contribution in [0.25, 0.3) is 16.5 Å². The number of aromatic amines is 1. The smallest absolute Gasteiger partial charge is 0.189 e. The van der Waals surface area contributed by atoms with Gasteiger partial charge in [0, 0.05) is 5.39 Å². The number of rotatable bonds is 5. The lowest BCUT2D eigenvalue weighted by molar-refractivity contribution is 0.296. The molecule has 132 valence electrons. The van der Waals surface area contributed by atoms with Gasteiger partial charge >= 0.3 is 0 Å². The third-order valence-electron chi connectivity index (χ3n) is 4.60. The molecule has 26 heavy (non-hydrogen) atoms. The van der Waals surface area contributed by atoms with E-state index in [0.29, 0.717) is 0 Å². The van der Waals surface area contributed by atoms with Gasteiger partial charge in [0.25, 0.3) is 0 Å². The van der Waals surface area contributed by atoms with E-state index in [4.69, 9.17) is 9.47 Å². The highest BCUT2D eigenvalue weighted by atomic mass is 16.5. The zero-order chi connectivity index (χ0) is 17.9. The van der Waals surface area contributed by atoms with E-state index in [0.717, 1.165) is 45.7 Å². The molecule has 0 aliphatic carbocycles. The minimum atomic E-state index is 0.118. The average molecular weight is 347 g/mol. The van der Waals surface area contributed by atoms with E-state index in [1.165, 1.54) is 0 Å². The first-order valence-electron chi connectivity index (χ1n) is 8.63. The Labute approximate surface area is 152 Å². The molecule has 0 unspecified atom stereocenters. The summed E-state index contributed by atoms with van der Waals surface area (Å²) < 4.78 is 11.1. The van der Waals surface area contributed by atoms with Gasteiger partial charge in [0.15, 0.2) is 5.88 Å². The Balaban J connectivity index is 1.43. The molecule has 1 aliphatic heterocycles. The van der Waals surface area contributed by atoms with Crippen molar-refractivity contribution in [3.63, 3.8) is 0 Å². The molecule has 3 aromatic rings. The maximum Gasteiger partial charge on any atom is 0.189 e. The van der Waals surface area contributed by atoms with Crippen LogP contribution in [0.3, 0.4) is 0 Å². The number of H-pyrrole nitrogens is 1. The van der Waals surface area contributed by atoms with E-state index in [1.807, 2.05) is 30.7 Å². The maximum atomic E-state index is 5.82. The summed E-state index contributed by atoms with van der Waals surface area (Å²) in [6.07, 6.45) is 6.53. The van der Waals surface area contributed by atoms with Crippen molar-refractivity contribution in [2.24, 2.45) is 0 Å². The van der Waals surface area contributed by atoms with Crippen molar-refractivity contribution in [3.05, 3.63) is 78.0 Å². The molecule has 0 spiro atoms. The molecule has 5 heteroatoms. The number of hydrogen-bond acceptors (Lipinski definition) is 4. The highest BCUT2D eigenvalue weighted by Gasteiger charge is 2.13. The molecular formula is C21H21N3O2. The van der Waals surface area contributed by atoms with Gasteiger partial charge in [-0.2, -0.15) is 5.10 Å². The highest BCUT2D eigenvalue weighted by Crippen LogP contribution is 2.27. The molecule has 0 bridgehead atoms. The molecule has 4 rings (SSSR count). The predicted molar refractivity (Wildman–Crippen MR) is 102 cm³/mol. The first-order valence-corrected chi connectivity index (χ1v) is 8.63. The fourth-order valence-corrected chi connectivity index (χ4v) is 3.06. The zero-order valence-corrected chi connectivity index (χ0v) is 14.8. The fourth-order valence-electron chi connectivity index (χ4n) is 3.06. The molecule has 5 nitrogen and oxygen atoms in total. The van der Waals surface area contributed by atoms with Crippen LogP contribution in [0.4, 0.5) is 0 Å². The number of benzene rings is 2. The van der Waals surface area contributed by atoms with E-state index in [1.54, 1.807) is 7.11 Å². The molecule has 1 aliphatic rings. The molecule has 0 fully saturated rings. The van der Waals surface area contributed by atoms with Crippen LogP contribution in [0.15, 0.2) is 66.9 Å². The number of methoxy groups -OCH3 is 1. The third-order valence-corrected chi connectivity index (χ3v) is 4.60. The third kappa shape index (κ3) is 3.28. The molecule has 0 saturated heterocycles. The standard InChI is InChI=1S/C21H21N3O2/c1-14(15-4-3-5-19(10-15)25-2)23-21-9-8-18(13-26-21)16-6-7-17-12-22-24-20(17)11-16/h3-7,9-14,23H,8H2,1-2H3,(H,22,24)/t14-/m0/s1. The van der Waals surface area contributed by atoms with Gasteiger partial charge < -0.3 is 14.8 Å². The lowest BCUT2D eigenvalue weighted by Crippen LogP contribution is -2.20. The van der Waals surface area contributed by atoms with E-state index in [2.05, 4.69) is 52.8 Å². The Morgan fingerprint density at radius 2 is 2.15 bits per heavy atom. The minimum absolute atomic E-state index is 0.118. The minimum Gasteiger partial charge on any atom is -0.497 e. The number of aromatic nitrogens is 2. The zero-order valence-electron chi connectivity index (χ0n) is 14.8. The molecule has 1 atom stereocenters. The Hall–Kier alpha value is -3.21. The van der Waals surface area contributed by atoms with E-state index < -0.39 is 0 Å². The molecule has 0 amide bonds. The maximum absolute atomic E-state index is 5.82. The van der Waals surface area contributed by atoms with E-state index in [-0.39, 0.29) is 6.04 Å². The van der Waals surface area contributed by atoms with Gasteiger partial charge in [0.1, 0.15) is 5.75 Å². The van der Waals surface area contributed by atoms with Crippen molar-refractivity contribution in [1.29, 1.82) is 0 Å². The van der Waals surface area contributed by atoms with Gasteiger partial charge in [-0.05, 0) is 54.3 Å². The van der Waals surface area contributed by atoms with Gasteiger partial charge in [-0.1, -0.05) is 24.3 Å². The number of fused-ring (bicyclic) bond motifs is 1. The Bertz CT molecular complexity index is 988. The summed E-state index contributed by atoms with van der Waals surface area (Å²) in [5.41, 5.74) is 4.45. The first-order chi connectivity index (χ1) is 12.7. The number of nitrogens with one attached hydrogen (secondary N) is 2. The Kier molecular flexibility index (Phi) is 4.35. The summed E-state index contributed by atoms with van der Waals surface area (Å²) in [6.45, 7) is 2.10. The van der Waals surface area contributed by atoms with Crippen molar-refractivity contribution >= 4 is 16.5 Å². The van der Waals surface area contributed by atoms with Crippen LogP contribution in [-0.2, 0) is 4.74 Å². The predicted octanol–water partition coefficient (Wildman–Crippen LogP) is 4.52. The van der Waals surface area contributed by atoms with Crippen LogP contribution in [0.5, 0.6) is 5.75 Å². The average Bonchev–Trinajstić information content (AvgIpc) is 3.16. The summed E-state index contributed by atoms with van der Waals surface area (Å²) in [5, 5.41) is 11.6. The Morgan fingerprint density at radius 3 is 2.96 bits per heavy atom. The van der Waals surface area contributed by atoms with Crippen LogP contribution in [-0.4, -0.2) is 17.3 Å². The molecule has 1 aromatic heterocycles. The second kappa shape index (κ2) is 6.96. The molecular weight excluding hydrogens is 326 g/mol.